The molecule has 0 bridgehead atoms. The molecule has 0 atom stereocenters. The molecule has 0 fully saturated rings. The Bertz CT molecular complexity index is 756. The van der Waals surface area contributed by atoms with E-state index < -0.39 is 10.9 Å². The van der Waals surface area contributed by atoms with Gasteiger partial charge >= 0.3 is 5.97 Å². The molecule has 0 unspecified atom stereocenters. The van der Waals surface area contributed by atoms with Crippen LogP contribution in [0.5, 0.6) is 5.75 Å². The van der Waals surface area contributed by atoms with Gasteiger partial charge in [-0.1, -0.05) is 17.7 Å². The van der Waals surface area contributed by atoms with Gasteiger partial charge in [0, 0.05) is 24.2 Å². The van der Waals surface area contributed by atoms with Crippen LogP contribution in [-0.4, -0.2) is 23.3 Å². The number of amides is 1. The largest absolute Gasteiger partial charge is 0.426 e. The Hall–Kier alpha value is -3.22. The molecule has 0 radical (unpaired) electrons. The highest BCUT2D eigenvalue weighted by Gasteiger charge is 2.10. The lowest BCUT2D eigenvalue weighted by Crippen LogP contribution is -2.27. The van der Waals surface area contributed by atoms with Gasteiger partial charge in [-0.2, -0.15) is 0 Å². The average molecular weight is 328 g/mol. The van der Waals surface area contributed by atoms with Crippen molar-refractivity contribution in [2.24, 2.45) is 0 Å². The molecule has 2 aromatic carbocycles. The normalized spacial score (nSPS) is 10.0. The van der Waals surface area contributed by atoms with Crippen molar-refractivity contribution in [3.8, 4) is 5.75 Å². The number of non-ortho nitro benzene ring substituents is 1. The third kappa shape index (κ3) is 4.91. The van der Waals surface area contributed by atoms with Crippen LogP contribution in [0, 0.1) is 17.0 Å². The van der Waals surface area contributed by atoms with Gasteiger partial charge in [0.2, 0.25) is 0 Å². The van der Waals surface area contributed by atoms with E-state index in [1.807, 2.05) is 13.0 Å². The first kappa shape index (κ1) is 17.1. The minimum absolute atomic E-state index is 0.00541. The Morgan fingerprint density at radius 1 is 1.17 bits per heavy atom. The number of nitro groups is 1. The quantitative estimate of drug-likeness (QED) is 0.380. The number of esters is 1. The molecule has 0 heterocycles. The van der Waals surface area contributed by atoms with Crippen molar-refractivity contribution in [2.75, 3.05) is 6.54 Å². The topological polar surface area (TPSA) is 98.5 Å². The van der Waals surface area contributed by atoms with Gasteiger partial charge in [-0.3, -0.25) is 19.7 Å². The maximum absolute atomic E-state index is 11.9. The Morgan fingerprint density at radius 3 is 2.50 bits per heavy atom. The Balaban J connectivity index is 1.79. The van der Waals surface area contributed by atoms with Crippen LogP contribution in [0.3, 0.4) is 0 Å². The van der Waals surface area contributed by atoms with Crippen LogP contribution >= 0.6 is 0 Å². The van der Waals surface area contributed by atoms with Crippen LogP contribution in [0.1, 0.15) is 22.3 Å². The molecule has 0 aliphatic carbocycles. The number of nitro benzene ring substituents is 1. The maximum atomic E-state index is 11.9. The molecule has 0 aliphatic rings. The molecule has 1 amide bonds. The van der Waals surface area contributed by atoms with Crippen LogP contribution < -0.4 is 10.1 Å². The molecule has 7 nitrogen and oxygen atoms in total. The molecule has 0 saturated heterocycles. The zero-order valence-electron chi connectivity index (χ0n) is 13.0. The smallest absolute Gasteiger partial charge is 0.312 e. The zero-order chi connectivity index (χ0) is 17.5. The summed E-state index contributed by atoms with van der Waals surface area (Å²) in [4.78, 5) is 33.6. The second-order valence-corrected chi connectivity index (χ2v) is 5.10. The summed E-state index contributed by atoms with van der Waals surface area (Å²) in [6.45, 7) is 2.02. The number of nitrogens with one attached hydrogen (secondary N) is 1. The number of rotatable bonds is 6. The second kappa shape index (κ2) is 7.87. The van der Waals surface area contributed by atoms with Crippen LogP contribution in [0.15, 0.2) is 48.5 Å². The van der Waals surface area contributed by atoms with Gasteiger partial charge in [0.1, 0.15) is 5.75 Å². The number of hydrogen-bond donors (Lipinski definition) is 1. The zero-order valence-corrected chi connectivity index (χ0v) is 13.0. The SMILES string of the molecule is Cc1cccc(C(=O)NCCC(=O)Oc2ccc([N+](=O)[O-])cc2)c1. The van der Waals surface area contributed by atoms with E-state index in [1.165, 1.54) is 24.3 Å². The predicted molar refractivity (Wildman–Crippen MR) is 86.9 cm³/mol. The Labute approximate surface area is 138 Å². The van der Waals surface area contributed by atoms with Crippen molar-refractivity contribution in [1.29, 1.82) is 0 Å². The molecule has 0 aliphatic heterocycles. The van der Waals surface area contributed by atoms with Crippen LogP contribution in [0.4, 0.5) is 5.69 Å². The minimum Gasteiger partial charge on any atom is -0.426 e. The average Bonchev–Trinajstić information content (AvgIpc) is 2.55. The lowest BCUT2D eigenvalue weighted by molar-refractivity contribution is -0.384. The maximum Gasteiger partial charge on any atom is 0.312 e. The summed E-state index contributed by atoms with van der Waals surface area (Å²) in [5.41, 5.74) is 1.42. The van der Waals surface area contributed by atoms with Crippen molar-refractivity contribution in [1.82, 2.24) is 5.32 Å². The second-order valence-electron chi connectivity index (χ2n) is 5.10. The highest BCUT2D eigenvalue weighted by Crippen LogP contribution is 2.17. The van der Waals surface area contributed by atoms with Gasteiger partial charge in [-0.25, -0.2) is 0 Å². The number of ether oxygens (including phenoxy) is 1. The molecule has 0 saturated carbocycles. The van der Waals surface area contributed by atoms with Crippen molar-refractivity contribution in [2.45, 2.75) is 13.3 Å². The number of aryl methyl sites for hydroxylation is 1. The fourth-order valence-electron chi connectivity index (χ4n) is 1.98. The highest BCUT2D eigenvalue weighted by molar-refractivity contribution is 5.94. The Morgan fingerprint density at radius 2 is 1.88 bits per heavy atom. The summed E-state index contributed by atoms with van der Waals surface area (Å²) in [6.07, 6.45) is -0.00541. The van der Waals surface area contributed by atoms with Gasteiger partial charge in [-0.05, 0) is 31.2 Å². The number of hydrogen-bond acceptors (Lipinski definition) is 5. The van der Waals surface area contributed by atoms with Crippen LogP contribution in [0.2, 0.25) is 0 Å². The van der Waals surface area contributed by atoms with Gasteiger partial charge in [-0.15, -0.1) is 0 Å². The molecule has 24 heavy (non-hydrogen) atoms. The van der Waals surface area contributed by atoms with Gasteiger partial charge in [0.05, 0.1) is 11.3 Å². The summed E-state index contributed by atoms with van der Waals surface area (Å²) in [6, 6.07) is 12.3. The predicted octanol–water partition coefficient (Wildman–Crippen LogP) is 2.63. The number of benzene rings is 2. The van der Waals surface area contributed by atoms with Crippen molar-refractivity contribution >= 4 is 17.6 Å². The first-order valence-electron chi connectivity index (χ1n) is 7.26. The van der Waals surface area contributed by atoms with E-state index in [9.17, 15) is 19.7 Å². The molecular weight excluding hydrogens is 312 g/mol. The fourth-order valence-corrected chi connectivity index (χ4v) is 1.98. The van der Waals surface area contributed by atoms with E-state index >= 15 is 0 Å². The summed E-state index contributed by atoms with van der Waals surface area (Å²) in [7, 11) is 0. The van der Waals surface area contributed by atoms with Gasteiger partial charge in [0.15, 0.2) is 0 Å². The summed E-state index contributed by atoms with van der Waals surface area (Å²) in [5.74, 6) is -0.578. The first-order valence-corrected chi connectivity index (χ1v) is 7.26. The minimum atomic E-state index is -0.535. The van der Waals surface area contributed by atoms with Crippen molar-refractivity contribution in [3.05, 3.63) is 69.8 Å². The fraction of sp³-hybridized carbons (Fsp3) is 0.176. The molecule has 124 valence electrons. The van der Waals surface area contributed by atoms with Gasteiger partial charge < -0.3 is 10.1 Å². The van der Waals surface area contributed by atoms with E-state index in [1.54, 1.807) is 18.2 Å². The lowest BCUT2D eigenvalue weighted by Gasteiger charge is -2.06. The van der Waals surface area contributed by atoms with Gasteiger partial charge in [0.25, 0.3) is 11.6 Å². The molecule has 7 heteroatoms. The third-order valence-electron chi connectivity index (χ3n) is 3.17. The number of nitrogens with zero attached hydrogens (tertiary/aromatic N) is 1. The van der Waals surface area contributed by atoms with E-state index in [0.29, 0.717) is 5.56 Å². The molecule has 1 N–H and O–H groups in total. The molecular formula is C17H16N2O5. The highest BCUT2D eigenvalue weighted by atomic mass is 16.6. The monoisotopic (exact) mass is 328 g/mol. The van der Waals surface area contributed by atoms with Crippen molar-refractivity contribution in [3.63, 3.8) is 0 Å². The molecule has 0 spiro atoms. The van der Waals surface area contributed by atoms with E-state index in [0.717, 1.165) is 5.56 Å². The molecule has 2 aromatic rings. The summed E-state index contributed by atoms with van der Waals surface area (Å²) < 4.78 is 5.04. The van der Waals surface area contributed by atoms with E-state index in [2.05, 4.69) is 5.32 Å². The molecule has 0 aromatic heterocycles. The standard InChI is InChI=1S/C17H16N2O5/c1-12-3-2-4-13(11-12)17(21)18-10-9-16(20)24-15-7-5-14(6-8-15)19(22)23/h2-8,11H,9-10H2,1H3,(H,18,21). The van der Waals surface area contributed by atoms with Crippen LogP contribution in [0.25, 0.3) is 0 Å². The van der Waals surface area contributed by atoms with Crippen molar-refractivity contribution < 1.29 is 19.2 Å². The summed E-state index contributed by atoms with van der Waals surface area (Å²) >= 11 is 0. The Kier molecular flexibility index (Phi) is 5.62. The van der Waals surface area contributed by atoms with E-state index in [-0.39, 0.29) is 30.3 Å². The number of carbonyl (C=O) groups excluding carboxylic acids is 2. The number of carbonyl (C=O) groups is 2. The van der Waals surface area contributed by atoms with Crippen LogP contribution in [-0.2, 0) is 4.79 Å². The summed E-state index contributed by atoms with van der Waals surface area (Å²) in [5, 5.41) is 13.2. The first-order chi connectivity index (χ1) is 11.5. The lowest BCUT2D eigenvalue weighted by atomic mass is 10.1. The van der Waals surface area contributed by atoms with E-state index in [4.69, 9.17) is 4.74 Å². The molecule has 2 rings (SSSR count). The third-order valence-corrected chi connectivity index (χ3v) is 3.17.